The Morgan fingerprint density at radius 3 is 1.61 bits per heavy atom. The zero-order chi connectivity index (χ0) is 41.5. The summed E-state index contributed by atoms with van der Waals surface area (Å²) in [4.78, 5) is 29.7. The van der Waals surface area contributed by atoms with Gasteiger partial charge in [-0.3, -0.25) is 14.6 Å². The number of carbonyl (C=O) groups excluding carboxylic acids is 2. The molecule has 0 radical (unpaired) electrons. The first-order chi connectivity index (χ1) is 28.4. The molecular weight excluding hydrogens is 780 g/mol. The summed E-state index contributed by atoms with van der Waals surface area (Å²) < 4.78 is 38.7. The Kier molecular flexibility index (Phi) is 11.3. The van der Waals surface area contributed by atoms with E-state index >= 15 is 0 Å². The van der Waals surface area contributed by atoms with E-state index in [2.05, 4.69) is 46.2 Å². The molecule has 0 aromatic heterocycles. The van der Waals surface area contributed by atoms with Gasteiger partial charge in [0.05, 0.1) is 14.2 Å². The van der Waals surface area contributed by atoms with E-state index in [1.54, 1.807) is 42.4 Å². The maximum atomic E-state index is 12.2. The molecule has 4 aromatic rings. The van der Waals surface area contributed by atoms with Crippen LogP contribution in [-0.4, -0.2) is 105 Å². The van der Waals surface area contributed by atoms with E-state index in [0.29, 0.717) is 36.6 Å². The summed E-state index contributed by atoms with van der Waals surface area (Å²) >= 11 is 4.90. The van der Waals surface area contributed by atoms with Crippen molar-refractivity contribution in [3.8, 4) is 46.0 Å². The molecular formula is C44H49ClN4O10. The van der Waals surface area contributed by atoms with E-state index in [9.17, 15) is 14.7 Å². The lowest BCUT2D eigenvalue weighted by molar-refractivity contribution is 0.151. The van der Waals surface area contributed by atoms with Crippen LogP contribution < -0.4 is 33.2 Å². The largest absolute Gasteiger partial charge is 0.504 e. The van der Waals surface area contributed by atoms with Crippen LogP contribution >= 0.6 is 11.6 Å². The molecule has 6 heterocycles. The molecule has 59 heavy (non-hydrogen) atoms. The second kappa shape index (κ2) is 16.6. The van der Waals surface area contributed by atoms with Gasteiger partial charge in [0.15, 0.2) is 46.0 Å². The van der Waals surface area contributed by atoms with Crippen LogP contribution in [0.1, 0.15) is 56.6 Å². The number of halogens is 1. The lowest BCUT2D eigenvalue weighted by Gasteiger charge is -2.42. The number of rotatable bonds is 3. The van der Waals surface area contributed by atoms with Crippen LogP contribution in [0.25, 0.3) is 0 Å². The predicted molar refractivity (Wildman–Crippen MR) is 219 cm³/mol. The number of carbonyl (C=O) groups is 2. The molecule has 0 aliphatic carbocycles. The van der Waals surface area contributed by atoms with Crippen molar-refractivity contribution in [2.75, 3.05) is 69.1 Å². The molecule has 4 aromatic carbocycles. The Balaban J connectivity index is 0.000000146. The van der Waals surface area contributed by atoms with Crippen molar-refractivity contribution in [1.82, 2.24) is 19.6 Å². The molecule has 2 atom stereocenters. The van der Waals surface area contributed by atoms with Crippen LogP contribution in [0, 0.1) is 0 Å². The zero-order valence-corrected chi connectivity index (χ0v) is 34.9. The smallest absolute Gasteiger partial charge is 0.414 e. The SMILES string of the molecule is CN(C)C(=O)Cl.COc1ccc2c(c1O)CN1CCc3cc4c(cc3C1C2)OCO4.COc1ccc2c(c1OC(=O)N(C)C)CN1CCc3cc4c(cc3C1C2)OCO4. The number of fused-ring (bicyclic) bond motifs is 10. The number of ether oxygens (including phenoxy) is 7. The summed E-state index contributed by atoms with van der Waals surface area (Å²) in [6.45, 7) is 3.97. The van der Waals surface area contributed by atoms with Crippen LogP contribution in [-0.2, 0) is 38.8 Å². The van der Waals surface area contributed by atoms with Crippen molar-refractivity contribution in [2.24, 2.45) is 0 Å². The molecule has 1 N–H and O–H groups in total. The monoisotopic (exact) mass is 828 g/mol. The summed E-state index contributed by atoms with van der Waals surface area (Å²) in [5.74, 6) is 5.32. The Hall–Kier alpha value is -5.57. The zero-order valence-electron chi connectivity index (χ0n) is 34.1. The van der Waals surface area contributed by atoms with Crippen molar-refractivity contribution in [1.29, 1.82) is 0 Å². The summed E-state index contributed by atoms with van der Waals surface area (Å²) in [6, 6.07) is 17.0. The maximum Gasteiger partial charge on any atom is 0.414 e. The molecule has 312 valence electrons. The molecule has 2 unspecified atom stereocenters. The van der Waals surface area contributed by atoms with E-state index in [4.69, 9.17) is 44.8 Å². The Labute approximate surface area is 348 Å². The maximum absolute atomic E-state index is 12.2. The van der Waals surface area contributed by atoms with Gasteiger partial charge in [0, 0.05) is 77.6 Å². The molecule has 0 saturated carbocycles. The summed E-state index contributed by atoms with van der Waals surface area (Å²) in [5.41, 5.74) is 9.70. The summed E-state index contributed by atoms with van der Waals surface area (Å²) in [6.07, 6.45) is 3.27. The van der Waals surface area contributed by atoms with Crippen LogP contribution in [0.4, 0.5) is 9.59 Å². The summed E-state index contributed by atoms with van der Waals surface area (Å²) in [7, 11) is 9.72. The average molecular weight is 829 g/mol. The van der Waals surface area contributed by atoms with Gasteiger partial charge >= 0.3 is 11.5 Å². The normalized spacial score (nSPS) is 18.7. The number of phenolic OH excluding ortho intramolecular Hbond substituents is 1. The van der Waals surface area contributed by atoms with E-state index in [1.807, 2.05) is 12.1 Å². The molecule has 6 aliphatic rings. The Morgan fingerprint density at radius 1 is 0.678 bits per heavy atom. The van der Waals surface area contributed by atoms with Crippen molar-refractivity contribution in [3.63, 3.8) is 0 Å². The van der Waals surface area contributed by atoms with E-state index in [1.165, 1.54) is 43.2 Å². The van der Waals surface area contributed by atoms with Crippen molar-refractivity contribution in [3.05, 3.63) is 93.0 Å². The van der Waals surface area contributed by atoms with Crippen LogP contribution in [0.5, 0.6) is 46.0 Å². The van der Waals surface area contributed by atoms with Gasteiger partial charge in [-0.25, -0.2) is 4.79 Å². The van der Waals surface area contributed by atoms with Crippen LogP contribution in [0.15, 0.2) is 48.5 Å². The molecule has 15 heteroatoms. The fraction of sp³-hybridized carbons (Fsp3) is 0.409. The first-order valence-electron chi connectivity index (χ1n) is 19.6. The fourth-order valence-electron chi connectivity index (χ4n) is 8.62. The molecule has 6 aliphatic heterocycles. The number of benzene rings is 4. The molecule has 0 saturated heterocycles. The number of hydrogen-bond donors (Lipinski definition) is 1. The Morgan fingerprint density at radius 2 is 1.14 bits per heavy atom. The van der Waals surface area contributed by atoms with E-state index < -0.39 is 11.5 Å². The van der Waals surface area contributed by atoms with E-state index in [0.717, 1.165) is 79.4 Å². The van der Waals surface area contributed by atoms with Gasteiger partial charge in [-0.1, -0.05) is 12.1 Å². The number of hydrogen-bond acceptors (Lipinski definition) is 12. The minimum absolute atomic E-state index is 0.270. The third-order valence-electron chi connectivity index (χ3n) is 11.8. The highest BCUT2D eigenvalue weighted by Gasteiger charge is 2.37. The Bertz CT molecular complexity index is 2280. The van der Waals surface area contributed by atoms with Crippen LogP contribution in [0.2, 0.25) is 0 Å². The second-order valence-electron chi connectivity index (χ2n) is 15.6. The molecule has 14 nitrogen and oxygen atoms in total. The molecule has 2 amide bonds. The number of aromatic hydroxyl groups is 1. The van der Waals surface area contributed by atoms with Gasteiger partial charge < -0.3 is 48.1 Å². The first kappa shape index (κ1) is 40.2. The standard InChI is InChI=1S/C22H24N2O5.C19H19NO4.C3H6ClNO/c1-23(2)22(25)29-21-16-11-24-7-6-14-9-19-20(28-12-27-19)10-15(14)17(24)8-13(16)4-5-18(21)26-3;1-22-16-3-2-11-6-15-13-8-18-17(23-10-24-18)7-12(13)4-5-20(15)9-14(11)19(16)21;1-5(2)3(4)6/h4-5,9-10,17H,6-8,11-12H2,1-3H3;2-3,7-8,15,21H,4-6,9-10H2,1H3;1-2H3. The highest BCUT2D eigenvalue weighted by atomic mass is 35.5. The average Bonchev–Trinajstić information content (AvgIpc) is 3.90. The first-order valence-corrected chi connectivity index (χ1v) is 20.0. The third-order valence-corrected chi connectivity index (χ3v) is 12.1. The fourth-order valence-corrected chi connectivity index (χ4v) is 8.62. The van der Waals surface area contributed by atoms with Crippen LogP contribution in [0.3, 0.4) is 0 Å². The minimum atomic E-state index is -0.435. The molecule has 0 spiro atoms. The van der Waals surface area contributed by atoms with Crippen molar-refractivity contribution in [2.45, 2.75) is 50.9 Å². The van der Waals surface area contributed by atoms with Crippen molar-refractivity contribution < 1.29 is 47.9 Å². The predicted octanol–water partition coefficient (Wildman–Crippen LogP) is 6.83. The van der Waals surface area contributed by atoms with Gasteiger partial charge in [-0.15, -0.1) is 0 Å². The van der Waals surface area contributed by atoms with Gasteiger partial charge in [-0.05, 0) is 107 Å². The van der Waals surface area contributed by atoms with Crippen molar-refractivity contribution >= 4 is 23.1 Å². The third kappa shape index (κ3) is 7.84. The number of nitrogens with zero attached hydrogens (tertiary/aromatic N) is 4. The number of methoxy groups -OCH3 is 2. The van der Waals surface area contributed by atoms with Gasteiger partial charge in [-0.2, -0.15) is 0 Å². The lowest BCUT2D eigenvalue weighted by Crippen LogP contribution is -2.39. The van der Waals surface area contributed by atoms with E-state index in [-0.39, 0.29) is 18.6 Å². The van der Waals surface area contributed by atoms with Gasteiger partial charge in [0.1, 0.15) is 0 Å². The number of phenols is 1. The number of amides is 2. The minimum Gasteiger partial charge on any atom is -0.504 e. The molecule has 0 fully saturated rings. The summed E-state index contributed by atoms with van der Waals surface area (Å²) in [5, 5.41) is 10.0. The van der Waals surface area contributed by atoms with Gasteiger partial charge in [0.25, 0.3) is 0 Å². The highest BCUT2D eigenvalue weighted by Crippen LogP contribution is 2.48. The second-order valence-corrected chi connectivity index (χ2v) is 15.9. The van der Waals surface area contributed by atoms with Gasteiger partial charge in [0.2, 0.25) is 13.6 Å². The molecule has 0 bridgehead atoms. The molecule has 10 rings (SSSR count). The highest BCUT2D eigenvalue weighted by molar-refractivity contribution is 6.62. The topological polar surface area (TPSA) is 132 Å². The quantitative estimate of drug-likeness (QED) is 0.172. The lowest BCUT2D eigenvalue weighted by atomic mass is 9.83.